The molecule has 1 aliphatic rings. The largest absolute Gasteiger partial charge is 0.285 e. The first kappa shape index (κ1) is 8.01. The molecule has 10 heavy (non-hydrogen) atoms. The molecule has 0 aliphatic heterocycles. The highest BCUT2D eigenvalue weighted by molar-refractivity contribution is 7.86. The highest BCUT2D eigenvalue weighted by Crippen LogP contribution is 2.39. The molecular formula is C6H12O3S. The summed E-state index contributed by atoms with van der Waals surface area (Å²) in [4.78, 5) is 0. The molecular weight excluding hydrogens is 152 g/mol. The van der Waals surface area contributed by atoms with Crippen molar-refractivity contribution >= 4 is 10.1 Å². The van der Waals surface area contributed by atoms with Crippen LogP contribution >= 0.6 is 0 Å². The van der Waals surface area contributed by atoms with Gasteiger partial charge in [-0.2, -0.15) is 8.42 Å². The van der Waals surface area contributed by atoms with Gasteiger partial charge in [-0.25, -0.2) is 0 Å². The zero-order chi connectivity index (χ0) is 7.78. The first-order valence-corrected chi connectivity index (χ1v) is 5.02. The van der Waals surface area contributed by atoms with Gasteiger partial charge in [0.05, 0.1) is 5.25 Å². The van der Waals surface area contributed by atoms with Gasteiger partial charge in [-0.05, 0) is 18.8 Å². The molecule has 1 rings (SSSR count). The molecule has 0 bridgehead atoms. The van der Waals surface area contributed by atoms with Gasteiger partial charge in [-0.15, -0.1) is 0 Å². The Morgan fingerprint density at radius 3 is 2.50 bits per heavy atom. The average molecular weight is 164 g/mol. The fraction of sp³-hybridized carbons (Fsp3) is 1.00. The quantitative estimate of drug-likeness (QED) is 0.634. The van der Waals surface area contributed by atoms with E-state index < -0.39 is 15.4 Å². The van der Waals surface area contributed by atoms with Gasteiger partial charge >= 0.3 is 0 Å². The lowest BCUT2D eigenvalue weighted by atomic mass is 10.2. The van der Waals surface area contributed by atoms with E-state index in [-0.39, 0.29) is 5.92 Å². The van der Waals surface area contributed by atoms with Gasteiger partial charge < -0.3 is 0 Å². The smallest absolute Gasteiger partial charge is 0.268 e. The van der Waals surface area contributed by atoms with Crippen molar-refractivity contribution in [3.63, 3.8) is 0 Å². The minimum atomic E-state index is -3.70. The third kappa shape index (κ3) is 1.70. The number of hydrogen-bond donors (Lipinski definition) is 1. The second-order valence-corrected chi connectivity index (χ2v) is 4.47. The summed E-state index contributed by atoms with van der Waals surface area (Å²) in [5, 5.41) is -0.438. The Bertz CT molecular complexity index is 207. The fourth-order valence-electron chi connectivity index (χ4n) is 1.26. The third-order valence-corrected chi connectivity index (χ3v) is 3.24. The molecule has 0 aromatic heterocycles. The van der Waals surface area contributed by atoms with Crippen LogP contribution in [0.15, 0.2) is 0 Å². The molecule has 1 aliphatic carbocycles. The summed E-state index contributed by atoms with van der Waals surface area (Å²) in [5.41, 5.74) is 0. The second-order valence-electron chi connectivity index (χ2n) is 2.84. The molecule has 0 spiro atoms. The van der Waals surface area contributed by atoms with Crippen LogP contribution in [0.1, 0.15) is 26.2 Å². The lowest BCUT2D eigenvalue weighted by molar-refractivity contribution is 0.478. The zero-order valence-corrected chi connectivity index (χ0v) is 6.76. The van der Waals surface area contributed by atoms with Crippen LogP contribution in [-0.4, -0.2) is 18.2 Å². The number of hydrogen-bond acceptors (Lipinski definition) is 2. The summed E-state index contributed by atoms with van der Waals surface area (Å²) in [6, 6.07) is 0. The van der Waals surface area contributed by atoms with E-state index in [0.717, 1.165) is 12.8 Å². The molecule has 0 aromatic carbocycles. The molecule has 60 valence electrons. The Hall–Kier alpha value is -0.0900. The predicted molar refractivity (Wildman–Crippen MR) is 38.4 cm³/mol. The van der Waals surface area contributed by atoms with Gasteiger partial charge in [0.25, 0.3) is 10.1 Å². The Labute approximate surface area is 61.2 Å². The number of rotatable bonds is 3. The molecule has 0 aromatic rings. The maximum absolute atomic E-state index is 10.4. The molecule has 1 saturated carbocycles. The maximum atomic E-state index is 10.4. The molecule has 3 nitrogen and oxygen atoms in total. The van der Waals surface area contributed by atoms with Crippen molar-refractivity contribution in [2.24, 2.45) is 5.92 Å². The van der Waals surface area contributed by atoms with Crippen LogP contribution in [0.4, 0.5) is 0 Å². The van der Waals surface area contributed by atoms with Gasteiger partial charge in [0.2, 0.25) is 0 Å². The summed E-state index contributed by atoms with van der Waals surface area (Å²) in [6.07, 6.45) is 2.58. The van der Waals surface area contributed by atoms with Gasteiger partial charge in [-0.3, -0.25) is 4.55 Å². The third-order valence-electron chi connectivity index (χ3n) is 1.90. The van der Waals surface area contributed by atoms with Gasteiger partial charge in [0.15, 0.2) is 0 Å². The molecule has 0 radical (unpaired) electrons. The average Bonchev–Trinajstić information content (AvgIpc) is 2.44. The van der Waals surface area contributed by atoms with E-state index in [0.29, 0.717) is 6.42 Å². The first-order valence-electron chi connectivity index (χ1n) is 3.52. The highest BCUT2D eigenvalue weighted by Gasteiger charge is 2.45. The molecule has 2 atom stereocenters. The van der Waals surface area contributed by atoms with Crippen LogP contribution in [0.3, 0.4) is 0 Å². The molecule has 0 amide bonds. The normalized spacial score (nSPS) is 32.2. The van der Waals surface area contributed by atoms with Crippen LogP contribution in [0.5, 0.6) is 0 Å². The Morgan fingerprint density at radius 1 is 1.60 bits per heavy atom. The zero-order valence-electron chi connectivity index (χ0n) is 5.95. The molecule has 0 saturated heterocycles. The molecule has 1 N–H and O–H groups in total. The molecule has 0 heterocycles. The molecule has 1 fully saturated rings. The van der Waals surface area contributed by atoms with Crippen LogP contribution in [-0.2, 0) is 10.1 Å². The van der Waals surface area contributed by atoms with E-state index in [1.54, 1.807) is 0 Å². The lowest BCUT2D eigenvalue weighted by Gasteiger charge is -1.92. The van der Waals surface area contributed by atoms with Crippen molar-refractivity contribution in [1.29, 1.82) is 0 Å². The summed E-state index contributed by atoms with van der Waals surface area (Å²) >= 11 is 0. The Morgan fingerprint density at radius 2 is 2.20 bits per heavy atom. The van der Waals surface area contributed by atoms with Crippen molar-refractivity contribution in [2.75, 3.05) is 0 Å². The first-order chi connectivity index (χ1) is 4.55. The van der Waals surface area contributed by atoms with E-state index in [9.17, 15) is 8.42 Å². The highest BCUT2D eigenvalue weighted by atomic mass is 32.2. The van der Waals surface area contributed by atoms with Crippen molar-refractivity contribution in [3.8, 4) is 0 Å². The van der Waals surface area contributed by atoms with E-state index in [1.807, 2.05) is 6.92 Å². The maximum Gasteiger partial charge on any atom is 0.268 e. The standard InChI is InChI=1S/C6H12O3S/c1-2-3-5-4-6(5)10(7,8)9/h5-6H,2-4H2,1H3,(H,7,8,9). The van der Waals surface area contributed by atoms with Crippen molar-refractivity contribution in [2.45, 2.75) is 31.4 Å². The topological polar surface area (TPSA) is 54.4 Å². The SMILES string of the molecule is CCCC1CC1S(=O)(=O)O. The molecule has 2 unspecified atom stereocenters. The summed E-state index contributed by atoms with van der Waals surface area (Å²) in [6.45, 7) is 2.01. The van der Waals surface area contributed by atoms with E-state index in [2.05, 4.69) is 0 Å². The monoisotopic (exact) mass is 164 g/mol. The van der Waals surface area contributed by atoms with Crippen molar-refractivity contribution in [3.05, 3.63) is 0 Å². The van der Waals surface area contributed by atoms with Crippen molar-refractivity contribution < 1.29 is 13.0 Å². The van der Waals surface area contributed by atoms with Crippen LogP contribution < -0.4 is 0 Å². The van der Waals surface area contributed by atoms with Crippen LogP contribution in [0.25, 0.3) is 0 Å². The molecule has 4 heteroatoms. The van der Waals surface area contributed by atoms with E-state index in [4.69, 9.17) is 4.55 Å². The van der Waals surface area contributed by atoms with E-state index in [1.165, 1.54) is 0 Å². The van der Waals surface area contributed by atoms with Crippen molar-refractivity contribution in [1.82, 2.24) is 0 Å². The summed E-state index contributed by atoms with van der Waals surface area (Å²) < 4.78 is 29.4. The Balaban J connectivity index is 2.40. The minimum absolute atomic E-state index is 0.236. The summed E-state index contributed by atoms with van der Waals surface area (Å²) in [7, 11) is -3.70. The van der Waals surface area contributed by atoms with Crippen LogP contribution in [0, 0.1) is 5.92 Å². The summed E-state index contributed by atoms with van der Waals surface area (Å²) in [5.74, 6) is 0.236. The van der Waals surface area contributed by atoms with Gasteiger partial charge in [0.1, 0.15) is 0 Å². The predicted octanol–water partition coefficient (Wildman–Crippen LogP) is 1.06. The second kappa shape index (κ2) is 2.51. The minimum Gasteiger partial charge on any atom is -0.285 e. The van der Waals surface area contributed by atoms with Crippen LogP contribution in [0.2, 0.25) is 0 Å². The van der Waals surface area contributed by atoms with Gasteiger partial charge in [0, 0.05) is 0 Å². The van der Waals surface area contributed by atoms with Gasteiger partial charge in [-0.1, -0.05) is 13.3 Å². The Kier molecular flexibility index (Phi) is 2.01. The van der Waals surface area contributed by atoms with E-state index >= 15 is 0 Å². The lowest BCUT2D eigenvalue weighted by Crippen LogP contribution is -2.06. The fourth-order valence-corrected chi connectivity index (χ4v) is 2.37.